The number of carboxylic acid groups (broad SMARTS) is 1. The number of aromatic nitrogens is 3. The van der Waals surface area contributed by atoms with Crippen LogP contribution in [0.15, 0.2) is 12.4 Å². The van der Waals surface area contributed by atoms with Crippen molar-refractivity contribution in [3.8, 4) is 0 Å². The summed E-state index contributed by atoms with van der Waals surface area (Å²) in [7, 11) is 0. The van der Waals surface area contributed by atoms with Crippen molar-refractivity contribution in [1.82, 2.24) is 20.3 Å². The fraction of sp³-hybridized carbons (Fsp3) is 0.400. The van der Waals surface area contributed by atoms with Crippen molar-refractivity contribution in [2.24, 2.45) is 0 Å². The van der Waals surface area contributed by atoms with Crippen LogP contribution in [0.5, 0.6) is 0 Å². The minimum Gasteiger partial charge on any atom is -0.480 e. The van der Waals surface area contributed by atoms with E-state index in [2.05, 4.69) is 15.6 Å². The van der Waals surface area contributed by atoms with Gasteiger partial charge in [0.1, 0.15) is 0 Å². The molecule has 6 nitrogen and oxygen atoms in total. The summed E-state index contributed by atoms with van der Waals surface area (Å²) in [4.78, 5) is 10.0. The van der Waals surface area contributed by atoms with Crippen LogP contribution in [0.4, 0.5) is 0 Å². The summed E-state index contributed by atoms with van der Waals surface area (Å²) in [6.07, 6.45) is 3.18. The molecule has 2 N–H and O–H groups in total. The summed E-state index contributed by atoms with van der Waals surface area (Å²) < 4.78 is 1.50. The Morgan fingerprint density at radius 3 is 3.09 bits per heavy atom. The van der Waals surface area contributed by atoms with E-state index in [0.29, 0.717) is 6.67 Å². The molecule has 60 valence electrons. The minimum absolute atomic E-state index is 0.0696. The Bertz CT molecular complexity index is 220. The number of hydrogen-bond donors (Lipinski definition) is 2. The molecule has 1 rings (SSSR count). The maximum absolute atomic E-state index is 10.0. The number of carboxylic acids is 1. The van der Waals surface area contributed by atoms with Gasteiger partial charge in [-0.05, 0) is 0 Å². The van der Waals surface area contributed by atoms with Gasteiger partial charge in [0.25, 0.3) is 0 Å². The molecule has 0 amide bonds. The number of aliphatic carboxylic acids is 1. The maximum atomic E-state index is 10.0. The third-order valence-electron chi connectivity index (χ3n) is 1.02. The molecule has 1 aromatic heterocycles. The average molecular weight is 156 g/mol. The van der Waals surface area contributed by atoms with Crippen LogP contribution < -0.4 is 5.32 Å². The van der Waals surface area contributed by atoms with Crippen LogP contribution in [0, 0.1) is 0 Å². The zero-order valence-electron chi connectivity index (χ0n) is 5.77. The molecule has 6 heteroatoms. The second-order valence-corrected chi connectivity index (χ2v) is 1.92. The molecular formula is C5H8N4O2. The van der Waals surface area contributed by atoms with E-state index in [1.165, 1.54) is 10.9 Å². The predicted octanol–water partition coefficient (Wildman–Crippen LogP) is -1.09. The van der Waals surface area contributed by atoms with Gasteiger partial charge in [-0.25, -0.2) is 4.68 Å². The Morgan fingerprint density at radius 2 is 2.55 bits per heavy atom. The Kier molecular flexibility index (Phi) is 2.56. The second kappa shape index (κ2) is 3.67. The molecule has 0 unspecified atom stereocenters. The van der Waals surface area contributed by atoms with Crippen molar-refractivity contribution in [2.45, 2.75) is 6.67 Å². The minimum atomic E-state index is -0.884. The van der Waals surface area contributed by atoms with Gasteiger partial charge in [0.2, 0.25) is 0 Å². The molecule has 0 atom stereocenters. The predicted molar refractivity (Wildman–Crippen MR) is 35.7 cm³/mol. The van der Waals surface area contributed by atoms with Gasteiger partial charge >= 0.3 is 5.97 Å². The highest BCUT2D eigenvalue weighted by molar-refractivity contribution is 5.68. The highest BCUT2D eigenvalue weighted by Gasteiger charge is 1.94. The molecule has 0 aromatic carbocycles. The molecule has 0 spiro atoms. The SMILES string of the molecule is O=C(O)CNCn1ccnn1. The third-order valence-corrected chi connectivity index (χ3v) is 1.02. The van der Waals surface area contributed by atoms with E-state index in [1.807, 2.05) is 0 Å². The molecule has 0 aliphatic carbocycles. The Balaban J connectivity index is 2.19. The smallest absolute Gasteiger partial charge is 0.317 e. The summed E-state index contributed by atoms with van der Waals surface area (Å²) in [5, 5.41) is 18.1. The standard InChI is InChI=1S/C5H8N4O2/c10-5(11)3-6-4-9-2-1-7-8-9/h1-2,6H,3-4H2,(H,10,11). The first-order valence-electron chi connectivity index (χ1n) is 3.05. The number of hydrogen-bond acceptors (Lipinski definition) is 4. The monoisotopic (exact) mass is 156 g/mol. The van der Waals surface area contributed by atoms with Gasteiger partial charge in [0.15, 0.2) is 0 Å². The quantitative estimate of drug-likeness (QED) is 0.579. The summed E-state index contributed by atoms with van der Waals surface area (Å²) >= 11 is 0. The van der Waals surface area contributed by atoms with E-state index >= 15 is 0 Å². The Morgan fingerprint density at radius 1 is 1.73 bits per heavy atom. The van der Waals surface area contributed by atoms with Crippen molar-refractivity contribution in [1.29, 1.82) is 0 Å². The molecule has 0 bridgehead atoms. The molecule has 0 aliphatic rings. The Labute approximate surface area is 62.8 Å². The average Bonchev–Trinajstić information content (AvgIpc) is 2.39. The van der Waals surface area contributed by atoms with E-state index in [0.717, 1.165) is 0 Å². The van der Waals surface area contributed by atoms with E-state index in [9.17, 15) is 4.79 Å². The largest absolute Gasteiger partial charge is 0.480 e. The van der Waals surface area contributed by atoms with Crippen LogP contribution >= 0.6 is 0 Å². The topological polar surface area (TPSA) is 80.0 Å². The molecular weight excluding hydrogens is 148 g/mol. The van der Waals surface area contributed by atoms with Gasteiger partial charge in [-0.3, -0.25) is 10.1 Å². The van der Waals surface area contributed by atoms with Crippen LogP contribution in [0.3, 0.4) is 0 Å². The van der Waals surface area contributed by atoms with Gasteiger partial charge < -0.3 is 5.11 Å². The summed E-state index contributed by atoms with van der Waals surface area (Å²) in [5.41, 5.74) is 0. The lowest BCUT2D eigenvalue weighted by molar-refractivity contribution is -0.136. The zero-order valence-corrected chi connectivity index (χ0v) is 5.77. The lowest BCUT2D eigenvalue weighted by atomic mass is 10.7. The molecule has 0 aliphatic heterocycles. The van der Waals surface area contributed by atoms with Crippen molar-refractivity contribution >= 4 is 5.97 Å². The molecule has 11 heavy (non-hydrogen) atoms. The molecule has 1 heterocycles. The molecule has 0 saturated carbocycles. The highest BCUT2D eigenvalue weighted by Crippen LogP contribution is 1.75. The van der Waals surface area contributed by atoms with E-state index in [4.69, 9.17) is 5.11 Å². The first-order chi connectivity index (χ1) is 5.29. The van der Waals surface area contributed by atoms with E-state index in [-0.39, 0.29) is 6.54 Å². The second-order valence-electron chi connectivity index (χ2n) is 1.92. The fourth-order valence-corrected chi connectivity index (χ4v) is 0.594. The van der Waals surface area contributed by atoms with Gasteiger partial charge in [-0.2, -0.15) is 0 Å². The van der Waals surface area contributed by atoms with Crippen molar-refractivity contribution in [2.75, 3.05) is 6.54 Å². The van der Waals surface area contributed by atoms with Gasteiger partial charge in [0.05, 0.1) is 19.4 Å². The molecule has 0 radical (unpaired) electrons. The summed E-state index contributed by atoms with van der Waals surface area (Å²) in [6, 6.07) is 0. The van der Waals surface area contributed by atoms with Crippen LogP contribution in [0.25, 0.3) is 0 Å². The zero-order chi connectivity index (χ0) is 8.10. The lowest BCUT2D eigenvalue weighted by Gasteiger charge is -1.98. The lowest BCUT2D eigenvalue weighted by Crippen LogP contribution is -2.25. The van der Waals surface area contributed by atoms with Gasteiger partial charge in [0, 0.05) is 6.20 Å². The van der Waals surface area contributed by atoms with E-state index in [1.54, 1.807) is 6.20 Å². The maximum Gasteiger partial charge on any atom is 0.317 e. The number of nitrogens with one attached hydrogen (secondary N) is 1. The van der Waals surface area contributed by atoms with Crippen LogP contribution in [-0.2, 0) is 11.5 Å². The van der Waals surface area contributed by atoms with Crippen molar-refractivity contribution < 1.29 is 9.90 Å². The summed E-state index contributed by atoms with van der Waals surface area (Å²) in [5.74, 6) is -0.884. The Hall–Kier alpha value is -1.43. The third kappa shape index (κ3) is 2.76. The van der Waals surface area contributed by atoms with Crippen LogP contribution in [-0.4, -0.2) is 32.6 Å². The van der Waals surface area contributed by atoms with Gasteiger partial charge in [-0.1, -0.05) is 5.21 Å². The first kappa shape index (κ1) is 7.67. The number of rotatable bonds is 4. The van der Waals surface area contributed by atoms with Crippen molar-refractivity contribution in [3.63, 3.8) is 0 Å². The van der Waals surface area contributed by atoms with Crippen molar-refractivity contribution in [3.05, 3.63) is 12.4 Å². The summed E-state index contributed by atoms with van der Waals surface area (Å²) in [6.45, 7) is 0.298. The number of carbonyl (C=O) groups is 1. The number of nitrogens with zero attached hydrogens (tertiary/aromatic N) is 3. The van der Waals surface area contributed by atoms with Crippen LogP contribution in [0.1, 0.15) is 0 Å². The highest BCUT2D eigenvalue weighted by atomic mass is 16.4. The molecule has 1 aromatic rings. The van der Waals surface area contributed by atoms with Crippen LogP contribution in [0.2, 0.25) is 0 Å². The fourth-order valence-electron chi connectivity index (χ4n) is 0.594. The normalized spacial score (nSPS) is 9.82. The van der Waals surface area contributed by atoms with Gasteiger partial charge in [-0.15, -0.1) is 5.10 Å². The molecule has 0 saturated heterocycles. The first-order valence-corrected chi connectivity index (χ1v) is 3.05. The molecule has 0 fully saturated rings. The van der Waals surface area contributed by atoms with E-state index < -0.39 is 5.97 Å².